The Labute approximate surface area is 126 Å². The molecule has 6 nitrogen and oxygen atoms in total. The average molecular weight is 301 g/mol. The second-order valence-corrected chi connectivity index (χ2v) is 6.57. The molecule has 2 heterocycles. The van der Waals surface area contributed by atoms with Gasteiger partial charge in [-0.2, -0.15) is 0 Å². The van der Waals surface area contributed by atoms with Gasteiger partial charge in [-0.25, -0.2) is 4.79 Å². The van der Waals surface area contributed by atoms with Gasteiger partial charge in [0.1, 0.15) is 11.2 Å². The number of ether oxygens (including phenoxy) is 3. The van der Waals surface area contributed by atoms with Gasteiger partial charge in [0.05, 0.1) is 12.6 Å². The predicted octanol–water partition coefficient (Wildman–Crippen LogP) is 2.05. The second-order valence-electron chi connectivity index (χ2n) is 6.57. The lowest BCUT2D eigenvalue weighted by Gasteiger charge is -2.22. The third-order valence-electron chi connectivity index (χ3n) is 3.05. The quantitative estimate of drug-likeness (QED) is 0.807. The number of rotatable bonds is 3. The van der Waals surface area contributed by atoms with Crippen LogP contribution in [-0.4, -0.2) is 48.9 Å². The topological polar surface area (TPSA) is 77.2 Å². The molecule has 0 spiro atoms. The summed E-state index contributed by atoms with van der Waals surface area (Å²) in [5.41, 5.74) is -1.28. The first kappa shape index (κ1) is 17.9. The normalized spacial score (nSPS) is 25.4. The molecule has 122 valence electrons. The molecule has 0 aliphatic carbocycles. The molecule has 0 aromatic rings. The molecule has 0 aromatic carbocycles. The van der Waals surface area contributed by atoms with Crippen LogP contribution >= 0.6 is 0 Å². The second kappa shape index (κ2) is 7.22. The molecular weight excluding hydrogens is 274 g/mol. The lowest BCUT2D eigenvalue weighted by molar-refractivity contribution is -0.125. The molecule has 0 saturated carbocycles. The molecule has 2 atom stereocenters. The first-order valence-electron chi connectivity index (χ1n) is 7.39. The van der Waals surface area contributed by atoms with E-state index in [1.165, 1.54) is 12.8 Å². The minimum atomic E-state index is -0.714. The van der Waals surface area contributed by atoms with Gasteiger partial charge in [0.15, 0.2) is 5.78 Å². The zero-order valence-electron chi connectivity index (χ0n) is 13.7. The Bertz CT molecular complexity index is 359. The van der Waals surface area contributed by atoms with E-state index in [2.05, 4.69) is 5.32 Å². The van der Waals surface area contributed by atoms with Crippen LogP contribution in [0.25, 0.3) is 0 Å². The molecule has 2 saturated heterocycles. The number of Topliss-reactive ketones (excluding diaryl/α,β-unsaturated/α-hetero) is 1. The number of hydrogen-bond acceptors (Lipinski definition) is 5. The van der Waals surface area contributed by atoms with Gasteiger partial charge in [-0.1, -0.05) is 0 Å². The third-order valence-corrected chi connectivity index (χ3v) is 3.05. The first-order valence-corrected chi connectivity index (χ1v) is 7.39. The highest BCUT2D eigenvalue weighted by atomic mass is 16.6. The SMILES string of the molecule is C1CCOC1.CC(NC(=O)OC(C)(C)C)C(=O)C1(C)CO1. The van der Waals surface area contributed by atoms with E-state index >= 15 is 0 Å². The molecule has 21 heavy (non-hydrogen) atoms. The van der Waals surface area contributed by atoms with Crippen LogP contribution in [0.3, 0.4) is 0 Å². The van der Waals surface area contributed by atoms with Crippen LogP contribution in [-0.2, 0) is 19.0 Å². The van der Waals surface area contributed by atoms with Crippen LogP contribution in [0, 0.1) is 0 Å². The lowest BCUT2D eigenvalue weighted by Crippen LogP contribution is -2.45. The summed E-state index contributed by atoms with van der Waals surface area (Å²) in [6.07, 6.45) is 1.97. The van der Waals surface area contributed by atoms with Crippen molar-refractivity contribution in [2.75, 3.05) is 19.8 Å². The molecule has 1 N–H and O–H groups in total. The highest BCUT2D eigenvalue weighted by Crippen LogP contribution is 2.28. The van der Waals surface area contributed by atoms with Crippen LogP contribution in [0.5, 0.6) is 0 Å². The number of epoxide rings is 1. The zero-order valence-corrected chi connectivity index (χ0v) is 13.7. The molecule has 2 unspecified atom stereocenters. The van der Waals surface area contributed by atoms with E-state index in [0.717, 1.165) is 13.2 Å². The minimum Gasteiger partial charge on any atom is -0.444 e. The van der Waals surface area contributed by atoms with Crippen LogP contribution < -0.4 is 5.32 Å². The van der Waals surface area contributed by atoms with Crippen molar-refractivity contribution in [2.45, 2.75) is 64.7 Å². The summed E-state index contributed by atoms with van der Waals surface area (Å²) in [6, 6.07) is -0.595. The summed E-state index contributed by atoms with van der Waals surface area (Å²) < 4.78 is 15.0. The van der Waals surface area contributed by atoms with Crippen molar-refractivity contribution >= 4 is 11.9 Å². The molecule has 0 radical (unpaired) electrons. The van der Waals surface area contributed by atoms with Crippen LogP contribution in [0.2, 0.25) is 0 Å². The largest absolute Gasteiger partial charge is 0.444 e. The maximum Gasteiger partial charge on any atom is 0.408 e. The van der Waals surface area contributed by atoms with Gasteiger partial charge in [-0.3, -0.25) is 4.79 Å². The maximum absolute atomic E-state index is 11.7. The van der Waals surface area contributed by atoms with Crippen molar-refractivity contribution in [2.24, 2.45) is 0 Å². The van der Waals surface area contributed by atoms with Gasteiger partial charge < -0.3 is 19.5 Å². The first-order chi connectivity index (χ1) is 9.64. The maximum atomic E-state index is 11.7. The molecule has 6 heteroatoms. The Hall–Kier alpha value is -1.14. The molecule has 2 aliphatic heterocycles. The standard InChI is InChI=1S/C11H19NO4.C4H8O/c1-7(8(13)11(5)6-15-11)12-9(14)16-10(2,3)4;1-2-4-5-3-1/h7H,6H2,1-5H3,(H,12,14);1-4H2. The molecular formula is C15H27NO5. The summed E-state index contributed by atoms with van der Waals surface area (Å²) in [4.78, 5) is 23.1. The summed E-state index contributed by atoms with van der Waals surface area (Å²) >= 11 is 0. The molecule has 0 bridgehead atoms. The van der Waals surface area contributed by atoms with E-state index in [-0.39, 0.29) is 5.78 Å². The van der Waals surface area contributed by atoms with Crippen LogP contribution in [0.15, 0.2) is 0 Å². The predicted molar refractivity (Wildman–Crippen MR) is 78.2 cm³/mol. The fourth-order valence-corrected chi connectivity index (χ4v) is 1.77. The van der Waals surface area contributed by atoms with Crippen molar-refractivity contribution in [1.82, 2.24) is 5.32 Å². The highest BCUT2D eigenvalue weighted by molar-refractivity contribution is 5.95. The Balaban J connectivity index is 0.000000369. The Morgan fingerprint density at radius 1 is 1.24 bits per heavy atom. The Morgan fingerprint density at radius 3 is 2.10 bits per heavy atom. The summed E-state index contributed by atoms with van der Waals surface area (Å²) in [5, 5.41) is 2.49. The number of carbonyl (C=O) groups is 2. The van der Waals surface area contributed by atoms with E-state index in [1.54, 1.807) is 34.6 Å². The van der Waals surface area contributed by atoms with Crippen molar-refractivity contribution in [3.63, 3.8) is 0 Å². The van der Waals surface area contributed by atoms with Gasteiger partial charge in [0.2, 0.25) is 0 Å². The monoisotopic (exact) mass is 301 g/mol. The summed E-state index contributed by atoms with van der Waals surface area (Å²) in [7, 11) is 0. The van der Waals surface area contributed by atoms with Crippen LogP contribution in [0.4, 0.5) is 4.79 Å². The smallest absolute Gasteiger partial charge is 0.408 e. The fourth-order valence-electron chi connectivity index (χ4n) is 1.77. The molecule has 1 amide bonds. The van der Waals surface area contributed by atoms with E-state index < -0.39 is 23.3 Å². The summed E-state index contributed by atoms with van der Waals surface area (Å²) in [5.74, 6) is -0.127. The summed E-state index contributed by atoms with van der Waals surface area (Å²) in [6.45, 7) is 11.1. The van der Waals surface area contributed by atoms with Crippen molar-refractivity contribution in [3.8, 4) is 0 Å². The minimum absolute atomic E-state index is 0.127. The third kappa shape index (κ3) is 6.91. The van der Waals surface area contributed by atoms with Gasteiger partial charge in [-0.15, -0.1) is 0 Å². The van der Waals surface area contributed by atoms with Crippen LogP contribution in [0.1, 0.15) is 47.5 Å². The van der Waals surface area contributed by atoms with E-state index in [0.29, 0.717) is 6.61 Å². The number of alkyl carbamates (subject to hydrolysis) is 1. The van der Waals surface area contributed by atoms with Crippen molar-refractivity contribution < 1.29 is 23.8 Å². The van der Waals surface area contributed by atoms with Gasteiger partial charge in [-0.05, 0) is 47.5 Å². The number of ketones is 1. The van der Waals surface area contributed by atoms with Gasteiger partial charge in [0.25, 0.3) is 0 Å². The van der Waals surface area contributed by atoms with Crippen molar-refractivity contribution in [3.05, 3.63) is 0 Å². The number of amides is 1. The molecule has 2 rings (SSSR count). The van der Waals surface area contributed by atoms with E-state index in [4.69, 9.17) is 14.2 Å². The zero-order chi connectivity index (χ0) is 16.1. The average Bonchev–Trinajstić information content (AvgIpc) is 2.88. The fraction of sp³-hybridized carbons (Fsp3) is 0.867. The molecule has 2 aliphatic rings. The number of carbonyl (C=O) groups excluding carboxylic acids is 2. The Morgan fingerprint density at radius 2 is 1.76 bits per heavy atom. The number of hydrogen-bond donors (Lipinski definition) is 1. The van der Waals surface area contributed by atoms with Gasteiger partial charge >= 0.3 is 6.09 Å². The van der Waals surface area contributed by atoms with Crippen molar-refractivity contribution in [1.29, 1.82) is 0 Å². The number of nitrogens with one attached hydrogen (secondary N) is 1. The Kier molecular flexibility index (Phi) is 6.16. The lowest BCUT2D eigenvalue weighted by atomic mass is 10.0. The molecule has 0 aromatic heterocycles. The van der Waals surface area contributed by atoms with Gasteiger partial charge in [0, 0.05) is 13.2 Å². The van der Waals surface area contributed by atoms with E-state index in [9.17, 15) is 9.59 Å². The highest BCUT2D eigenvalue weighted by Gasteiger charge is 2.49. The van der Waals surface area contributed by atoms with E-state index in [1.807, 2.05) is 0 Å². The molecule has 2 fully saturated rings.